The number of benzene rings is 3. The highest BCUT2D eigenvalue weighted by atomic mass is 19.4. The molecule has 1 fully saturated rings. The first-order chi connectivity index (χ1) is 21.4. The Morgan fingerprint density at radius 2 is 1.36 bits per heavy atom. The van der Waals surface area contributed by atoms with Crippen LogP contribution < -0.4 is 0 Å². The van der Waals surface area contributed by atoms with E-state index in [1.807, 2.05) is 42.5 Å². The normalized spacial score (nSPS) is 14.2. The van der Waals surface area contributed by atoms with Gasteiger partial charge in [-0.3, -0.25) is 9.59 Å². The first kappa shape index (κ1) is 29.9. The lowest BCUT2D eigenvalue weighted by atomic mass is 9.95. The molecule has 0 unspecified atom stereocenters. The Bertz CT molecular complexity index is 1890. The van der Waals surface area contributed by atoms with Gasteiger partial charge in [0.2, 0.25) is 0 Å². The number of nitrogens with zero attached hydrogens (tertiary/aromatic N) is 3. The second-order valence-corrected chi connectivity index (χ2v) is 10.6. The van der Waals surface area contributed by atoms with Crippen molar-refractivity contribution >= 4 is 22.8 Å². The van der Waals surface area contributed by atoms with E-state index in [1.165, 1.54) is 23.1 Å². The monoisotopic (exact) mass is 622 g/mol. The standard InChI is InChI=1S/C33H24F6N4O2/c34-32(35,36)23-9-11-27(33(37,38)39)25(18-23)21-7-4-8-22(17-21)30(44)42-13-15-43(16-14-42)31(45)26-19-40-29-24(26)10-12-28(41-29)20-5-2-1-3-6-20/h1-12,17-19H,13-16H2,(H,40,41). The third-order valence-electron chi connectivity index (χ3n) is 7.77. The lowest BCUT2D eigenvalue weighted by Crippen LogP contribution is -2.50. The molecule has 6 rings (SSSR count). The van der Waals surface area contributed by atoms with Crippen LogP contribution >= 0.6 is 0 Å². The SMILES string of the molecule is O=C(c1cccc(-c2cc(C(F)(F)F)ccc2C(F)(F)F)c1)N1CCN(C(=O)c2c[nH]c3nc(-c4ccccc4)ccc23)CC1. The number of carbonyl (C=O) groups excluding carboxylic acids is 2. The largest absolute Gasteiger partial charge is 0.417 e. The maximum Gasteiger partial charge on any atom is 0.417 e. The van der Waals surface area contributed by atoms with Gasteiger partial charge >= 0.3 is 12.4 Å². The molecule has 2 aromatic heterocycles. The Balaban J connectivity index is 1.17. The molecule has 5 aromatic rings. The molecule has 12 heteroatoms. The van der Waals surface area contributed by atoms with E-state index < -0.39 is 35.0 Å². The molecule has 0 atom stereocenters. The molecule has 0 spiro atoms. The van der Waals surface area contributed by atoms with Gasteiger partial charge in [0.25, 0.3) is 11.8 Å². The topological polar surface area (TPSA) is 69.3 Å². The number of H-pyrrole nitrogens is 1. The molecule has 3 heterocycles. The number of halogens is 6. The number of nitrogens with one attached hydrogen (secondary N) is 1. The molecule has 0 bridgehead atoms. The number of amides is 2. The van der Waals surface area contributed by atoms with Crippen molar-refractivity contribution in [3.63, 3.8) is 0 Å². The number of piperazine rings is 1. The number of hydrogen-bond donors (Lipinski definition) is 1. The Morgan fingerprint density at radius 3 is 2.02 bits per heavy atom. The van der Waals surface area contributed by atoms with Gasteiger partial charge in [0.1, 0.15) is 5.65 Å². The van der Waals surface area contributed by atoms with Gasteiger partial charge in [-0.05, 0) is 53.6 Å². The van der Waals surface area contributed by atoms with E-state index in [4.69, 9.17) is 0 Å². The second kappa shape index (κ2) is 11.4. The minimum atomic E-state index is -4.91. The molecule has 1 N–H and O–H groups in total. The van der Waals surface area contributed by atoms with Crippen LogP contribution in [0.5, 0.6) is 0 Å². The molecule has 1 aliphatic rings. The van der Waals surface area contributed by atoms with Gasteiger partial charge in [0.05, 0.1) is 22.4 Å². The number of alkyl halides is 6. The van der Waals surface area contributed by atoms with Crippen molar-refractivity contribution in [3.05, 3.63) is 113 Å². The van der Waals surface area contributed by atoms with Gasteiger partial charge in [0, 0.05) is 48.9 Å². The smallest absolute Gasteiger partial charge is 0.345 e. The summed E-state index contributed by atoms with van der Waals surface area (Å²) in [5.74, 6) is -0.747. The first-order valence-corrected chi connectivity index (χ1v) is 13.9. The van der Waals surface area contributed by atoms with Crippen LogP contribution in [0.1, 0.15) is 31.8 Å². The molecular formula is C33H24F6N4O2. The van der Waals surface area contributed by atoms with Crippen molar-refractivity contribution in [1.82, 2.24) is 19.8 Å². The van der Waals surface area contributed by atoms with Gasteiger partial charge in [-0.25, -0.2) is 4.98 Å². The van der Waals surface area contributed by atoms with Crippen LogP contribution in [0.15, 0.2) is 91.1 Å². The third-order valence-corrected chi connectivity index (χ3v) is 7.77. The summed E-state index contributed by atoms with van der Waals surface area (Å²) in [6, 6.07) is 19.6. The van der Waals surface area contributed by atoms with Gasteiger partial charge in [-0.1, -0.05) is 42.5 Å². The van der Waals surface area contributed by atoms with Gasteiger partial charge in [-0.15, -0.1) is 0 Å². The molecule has 0 saturated carbocycles. The van der Waals surface area contributed by atoms with Crippen molar-refractivity contribution in [2.45, 2.75) is 12.4 Å². The summed E-state index contributed by atoms with van der Waals surface area (Å²) in [7, 11) is 0. The molecule has 0 radical (unpaired) electrons. The Morgan fingerprint density at radius 1 is 0.689 bits per heavy atom. The van der Waals surface area contributed by atoms with Crippen LogP contribution in [0, 0.1) is 0 Å². The van der Waals surface area contributed by atoms with Crippen LogP contribution in [-0.2, 0) is 12.4 Å². The van der Waals surface area contributed by atoms with Crippen LogP contribution in [0.2, 0.25) is 0 Å². The van der Waals surface area contributed by atoms with Gasteiger partial charge in [0.15, 0.2) is 0 Å². The van der Waals surface area contributed by atoms with E-state index in [9.17, 15) is 35.9 Å². The highest BCUT2D eigenvalue weighted by Crippen LogP contribution is 2.41. The fourth-order valence-electron chi connectivity index (χ4n) is 5.44. The number of fused-ring (bicyclic) bond motifs is 1. The molecule has 0 aliphatic carbocycles. The van der Waals surface area contributed by atoms with E-state index >= 15 is 0 Å². The molecule has 3 aromatic carbocycles. The minimum absolute atomic E-state index is 0.0229. The van der Waals surface area contributed by atoms with Crippen LogP contribution in [0.3, 0.4) is 0 Å². The summed E-state index contributed by atoms with van der Waals surface area (Å²) in [4.78, 5) is 37.5. The van der Waals surface area contributed by atoms with E-state index in [1.54, 1.807) is 11.1 Å². The van der Waals surface area contributed by atoms with E-state index in [0.717, 1.165) is 17.3 Å². The molecule has 1 aliphatic heterocycles. The zero-order valence-corrected chi connectivity index (χ0v) is 23.4. The predicted molar refractivity (Wildman–Crippen MR) is 155 cm³/mol. The van der Waals surface area contributed by atoms with Crippen LogP contribution in [0.4, 0.5) is 26.3 Å². The molecule has 6 nitrogen and oxygen atoms in total. The fourth-order valence-corrected chi connectivity index (χ4v) is 5.44. The Labute approximate surface area is 252 Å². The molecule has 2 amide bonds. The van der Waals surface area contributed by atoms with Crippen LogP contribution in [0.25, 0.3) is 33.4 Å². The lowest BCUT2D eigenvalue weighted by Gasteiger charge is -2.34. The summed E-state index contributed by atoms with van der Waals surface area (Å²) in [5.41, 5.74) is -0.611. The summed E-state index contributed by atoms with van der Waals surface area (Å²) >= 11 is 0. The average molecular weight is 623 g/mol. The minimum Gasteiger partial charge on any atom is -0.345 e. The molecule has 1 saturated heterocycles. The highest BCUT2D eigenvalue weighted by Gasteiger charge is 2.37. The van der Waals surface area contributed by atoms with Crippen molar-refractivity contribution in [1.29, 1.82) is 0 Å². The van der Waals surface area contributed by atoms with Crippen molar-refractivity contribution < 1.29 is 35.9 Å². The number of carbonyl (C=O) groups is 2. The number of aromatic amines is 1. The number of pyridine rings is 1. The average Bonchev–Trinajstić information content (AvgIpc) is 3.47. The summed E-state index contributed by atoms with van der Waals surface area (Å²) in [6.45, 7) is 0.729. The summed E-state index contributed by atoms with van der Waals surface area (Å²) in [6.07, 6.45) is -8.16. The number of hydrogen-bond acceptors (Lipinski definition) is 3. The third kappa shape index (κ3) is 6.00. The number of rotatable bonds is 4. The highest BCUT2D eigenvalue weighted by molar-refractivity contribution is 6.06. The van der Waals surface area contributed by atoms with Crippen molar-refractivity contribution in [2.75, 3.05) is 26.2 Å². The maximum absolute atomic E-state index is 13.7. The van der Waals surface area contributed by atoms with E-state index in [-0.39, 0.29) is 43.2 Å². The lowest BCUT2D eigenvalue weighted by molar-refractivity contribution is -0.141. The molecular weight excluding hydrogens is 598 g/mol. The van der Waals surface area contributed by atoms with Gasteiger partial charge < -0.3 is 14.8 Å². The molecule has 230 valence electrons. The molecule has 45 heavy (non-hydrogen) atoms. The van der Waals surface area contributed by atoms with E-state index in [2.05, 4.69) is 9.97 Å². The van der Waals surface area contributed by atoms with E-state index in [0.29, 0.717) is 34.8 Å². The Hall–Kier alpha value is -5.13. The predicted octanol–water partition coefficient (Wildman–Crippen LogP) is 7.53. The maximum atomic E-state index is 13.7. The summed E-state index contributed by atoms with van der Waals surface area (Å²) in [5, 5.41) is 0.655. The second-order valence-electron chi connectivity index (χ2n) is 10.6. The zero-order chi connectivity index (χ0) is 31.9. The van der Waals surface area contributed by atoms with Gasteiger partial charge in [-0.2, -0.15) is 26.3 Å². The quantitative estimate of drug-likeness (QED) is 0.211. The number of aromatic nitrogens is 2. The summed E-state index contributed by atoms with van der Waals surface area (Å²) < 4.78 is 81.1. The van der Waals surface area contributed by atoms with Crippen molar-refractivity contribution in [2.24, 2.45) is 0 Å². The van der Waals surface area contributed by atoms with Crippen molar-refractivity contribution in [3.8, 4) is 22.4 Å². The van der Waals surface area contributed by atoms with Crippen LogP contribution in [-0.4, -0.2) is 57.8 Å². The first-order valence-electron chi connectivity index (χ1n) is 13.9. The zero-order valence-electron chi connectivity index (χ0n) is 23.4. The fraction of sp³-hybridized carbons (Fsp3) is 0.182. The Kier molecular flexibility index (Phi) is 7.59.